The number of hydrogen-bond donors (Lipinski definition) is 1. The third kappa shape index (κ3) is 1.39. The summed E-state index contributed by atoms with van der Waals surface area (Å²) in [6.07, 6.45) is 1.11. The third-order valence-electron chi connectivity index (χ3n) is 1.47. The number of hydrogen-bond acceptors (Lipinski definition) is 2. The van der Waals surface area contributed by atoms with Crippen LogP contribution in [-0.4, -0.2) is 5.11 Å². The van der Waals surface area contributed by atoms with Crippen LogP contribution in [0.4, 0.5) is 0 Å². The first kappa shape index (κ1) is 7.35. The molecule has 1 unspecified atom stereocenters. The van der Waals surface area contributed by atoms with Crippen LogP contribution >= 0.6 is 0 Å². The molecule has 0 aromatic carbocycles. The summed E-state index contributed by atoms with van der Waals surface area (Å²) in [5.74, 6) is 0.862. The molecule has 1 aromatic heterocycles. The standard InChI is InChI=1S/C8H12O2/c1-6(2)8(9)7-4-3-5-10-7/h3-6,8-9H,1-2H3. The summed E-state index contributed by atoms with van der Waals surface area (Å²) >= 11 is 0. The van der Waals surface area contributed by atoms with E-state index in [1.165, 1.54) is 0 Å². The maximum Gasteiger partial charge on any atom is 0.132 e. The lowest BCUT2D eigenvalue weighted by Crippen LogP contribution is -2.03. The number of furan rings is 1. The maximum absolute atomic E-state index is 9.39. The summed E-state index contributed by atoms with van der Waals surface area (Å²) in [5, 5.41) is 9.39. The Bertz CT molecular complexity index is 177. The van der Waals surface area contributed by atoms with Gasteiger partial charge >= 0.3 is 0 Å². The van der Waals surface area contributed by atoms with Crippen LogP contribution in [-0.2, 0) is 0 Å². The predicted octanol–water partition coefficient (Wildman–Crippen LogP) is 1.97. The Hall–Kier alpha value is -0.760. The van der Waals surface area contributed by atoms with E-state index >= 15 is 0 Å². The van der Waals surface area contributed by atoms with Gasteiger partial charge < -0.3 is 9.52 Å². The van der Waals surface area contributed by atoms with Crippen molar-refractivity contribution in [3.8, 4) is 0 Å². The Morgan fingerprint density at radius 2 is 2.20 bits per heavy atom. The minimum Gasteiger partial charge on any atom is -0.467 e. The van der Waals surface area contributed by atoms with Gasteiger partial charge in [-0.1, -0.05) is 13.8 Å². The van der Waals surface area contributed by atoms with E-state index < -0.39 is 6.10 Å². The molecule has 0 aliphatic heterocycles. The molecule has 0 bridgehead atoms. The molecule has 1 atom stereocenters. The lowest BCUT2D eigenvalue weighted by Gasteiger charge is -2.10. The molecule has 1 rings (SSSR count). The van der Waals surface area contributed by atoms with Crippen LogP contribution in [0.25, 0.3) is 0 Å². The van der Waals surface area contributed by atoms with Crippen molar-refractivity contribution in [3.63, 3.8) is 0 Å². The summed E-state index contributed by atoms with van der Waals surface area (Å²) in [6.45, 7) is 3.90. The van der Waals surface area contributed by atoms with E-state index in [9.17, 15) is 5.11 Å². The van der Waals surface area contributed by atoms with E-state index in [-0.39, 0.29) is 5.92 Å². The first-order valence-corrected chi connectivity index (χ1v) is 3.43. The van der Waals surface area contributed by atoms with Gasteiger partial charge in [-0.15, -0.1) is 0 Å². The maximum atomic E-state index is 9.39. The molecule has 0 saturated heterocycles. The molecule has 0 fully saturated rings. The molecular weight excluding hydrogens is 128 g/mol. The highest BCUT2D eigenvalue weighted by Gasteiger charge is 2.13. The van der Waals surface area contributed by atoms with Gasteiger partial charge in [0.15, 0.2) is 0 Å². The van der Waals surface area contributed by atoms with E-state index in [1.807, 2.05) is 13.8 Å². The van der Waals surface area contributed by atoms with Crippen molar-refractivity contribution in [2.75, 3.05) is 0 Å². The highest BCUT2D eigenvalue weighted by atomic mass is 16.4. The molecular formula is C8H12O2. The molecule has 1 N–H and O–H groups in total. The normalized spacial score (nSPS) is 14.0. The van der Waals surface area contributed by atoms with Gasteiger partial charge in [-0.2, -0.15) is 0 Å². The zero-order chi connectivity index (χ0) is 7.56. The second kappa shape index (κ2) is 2.88. The Kier molecular flexibility index (Phi) is 2.12. The molecule has 0 amide bonds. The van der Waals surface area contributed by atoms with Crippen molar-refractivity contribution in [1.29, 1.82) is 0 Å². The Labute approximate surface area is 60.5 Å². The van der Waals surface area contributed by atoms with Gasteiger partial charge in [0, 0.05) is 0 Å². The summed E-state index contributed by atoms with van der Waals surface area (Å²) < 4.78 is 5.01. The first-order chi connectivity index (χ1) is 4.72. The molecule has 0 radical (unpaired) electrons. The molecule has 0 spiro atoms. The van der Waals surface area contributed by atoms with Crippen LogP contribution in [0.5, 0.6) is 0 Å². The number of rotatable bonds is 2. The van der Waals surface area contributed by atoms with Crippen LogP contribution < -0.4 is 0 Å². The molecule has 2 nitrogen and oxygen atoms in total. The molecule has 0 saturated carbocycles. The molecule has 0 aliphatic rings. The second-order valence-corrected chi connectivity index (χ2v) is 2.70. The molecule has 2 heteroatoms. The minimum atomic E-state index is -0.463. The number of aliphatic hydroxyl groups excluding tert-OH is 1. The van der Waals surface area contributed by atoms with Crippen molar-refractivity contribution in [3.05, 3.63) is 24.2 Å². The van der Waals surface area contributed by atoms with E-state index in [1.54, 1.807) is 18.4 Å². The molecule has 0 aliphatic carbocycles. The van der Waals surface area contributed by atoms with Crippen molar-refractivity contribution >= 4 is 0 Å². The lowest BCUT2D eigenvalue weighted by molar-refractivity contribution is 0.103. The highest BCUT2D eigenvalue weighted by Crippen LogP contribution is 2.20. The average molecular weight is 140 g/mol. The topological polar surface area (TPSA) is 33.4 Å². The second-order valence-electron chi connectivity index (χ2n) is 2.70. The third-order valence-corrected chi connectivity index (χ3v) is 1.47. The fourth-order valence-electron chi connectivity index (χ4n) is 0.788. The van der Waals surface area contributed by atoms with Crippen LogP contribution in [0.15, 0.2) is 22.8 Å². The molecule has 10 heavy (non-hydrogen) atoms. The summed E-state index contributed by atoms with van der Waals surface area (Å²) in [5.41, 5.74) is 0. The zero-order valence-electron chi connectivity index (χ0n) is 6.24. The zero-order valence-corrected chi connectivity index (χ0v) is 6.24. The van der Waals surface area contributed by atoms with Gasteiger partial charge in [0.05, 0.1) is 6.26 Å². The molecule has 1 heterocycles. The Morgan fingerprint density at radius 3 is 2.60 bits per heavy atom. The van der Waals surface area contributed by atoms with Crippen LogP contribution in [0.2, 0.25) is 0 Å². The van der Waals surface area contributed by atoms with Crippen LogP contribution in [0, 0.1) is 5.92 Å². The fraction of sp³-hybridized carbons (Fsp3) is 0.500. The number of aliphatic hydroxyl groups is 1. The predicted molar refractivity (Wildman–Crippen MR) is 38.5 cm³/mol. The fourth-order valence-corrected chi connectivity index (χ4v) is 0.788. The quantitative estimate of drug-likeness (QED) is 0.681. The van der Waals surface area contributed by atoms with Gasteiger partial charge in [-0.3, -0.25) is 0 Å². The Balaban J connectivity index is 2.68. The van der Waals surface area contributed by atoms with Gasteiger partial charge in [-0.25, -0.2) is 0 Å². The highest BCUT2D eigenvalue weighted by molar-refractivity contribution is 5.02. The average Bonchev–Trinajstić information content (AvgIpc) is 2.36. The van der Waals surface area contributed by atoms with Gasteiger partial charge in [0.2, 0.25) is 0 Å². The van der Waals surface area contributed by atoms with Crippen molar-refractivity contribution < 1.29 is 9.52 Å². The molecule has 1 aromatic rings. The minimum absolute atomic E-state index is 0.214. The van der Waals surface area contributed by atoms with E-state index in [0.29, 0.717) is 5.76 Å². The lowest BCUT2D eigenvalue weighted by atomic mass is 10.1. The van der Waals surface area contributed by atoms with Crippen molar-refractivity contribution in [2.24, 2.45) is 5.92 Å². The van der Waals surface area contributed by atoms with E-state index in [4.69, 9.17) is 4.42 Å². The summed E-state index contributed by atoms with van der Waals surface area (Å²) in [6, 6.07) is 3.56. The van der Waals surface area contributed by atoms with Crippen LogP contribution in [0.1, 0.15) is 25.7 Å². The van der Waals surface area contributed by atoms with Crippen molar-refractivity contribution in [1.82, 2.24) is 0 Å². The van der Waals surface area contributed by atoms with Crippen molar-refractivity contribution in [2.45, 2.75) is 20.0 Å². The largest absolute Gasteiger partial charge is 0.467 e. The first-order valence-electron chi connectivity index (χ1n) is 3.43. The summed E-state index contributed by atoms with van der Waals surface area (Å²) in [4.78, 5) is 0. The Morgan fingerprint density at radius 1 is 1.50 bits per heavy atom. The molecule has 56 valence electrons. The summed E-state index contributed by atoms with van der Waals surface area (Å²) in [7, 11) is 0. The van der Waals surface area contributed by atoms with E-state index in [2.05, 4.69) is 0 Å². The van der Waals surface area contributed by atoms with Crippen LogP contribution in [0.3, 0.4) is 0 Å². The van der Waals surface area contributed by atoms with Gasteiger partial charge in [0.25, 0.3) is 0 Å². The SMILES string of the molecule is CC(C)C(O)c1ccco1. The van der Waals surface area contributed by atoms with Gasteiger partial charge in [-0.05, 0) is 18.1 Å². The van der Waals surface area contributed by atoms with E-state index in [0.717, 1.165) is 0 Å². The monoisotopic (exact) mass is 140 g/mol. The van der Waals surface area contributed by atoms with Gasteiger partial charge in [0.1, 0.15) is 11.9 Å². The smallest absolute Gasteiger partial charge is 0.132 e.